The molecular weight excluding hydrogens is 263 g/mol. The normalized spacial score (nSPS) is 13.4. The molecule has 0 heterocycles. The summed E-state index contributed by atoms with van der Waals surface area (Å²) in [5.41, 5.74) is 2.24. The summed E-state index contributed by atoms with van der Waals surface area (Å²) in [4.78, 5) is 0. The number of hydrogen-bond donors (Lipinski definition) is 0. The molecule has 0 nitrogen and oxygen atoms in total. The van der Waals surface area contributed by atoms with Crippen LogP contribution in [0.15, 0.2) is 60.7 Å². The Balaban J connectivity index is 2.20. The Morgan fingerprint density at radius 3 is 2.22 bits per heavy atom. The molecule has 92 valence electrons. The number of benzene rings is 2. The summed E-state index contributed by atoms with van der Waals surface area (Å²) >= 11 is 12.2. The molecule has 1 unspecified atom stereocenters. The maximum Gasteiger partial charge on any atom is 0.0444 e. The van der Waals surface area contributed by atoms with Crippen LogP contribution in [0.4, 0.5) is 0 Å². The van der Waals surface area contributed by atoms with E-state index in [-0.39, 0.29) is 5.92 Å². The first-order valence-electron chi connectivity index (χ1n) is 5.85. The Morgan fingerprint density at radius 2 is 1.61 bits per heavy atom. The predicted octanol–water partition coefficient (Wildman–Crippen LogP) is 5.72. The Morgan fingerprint density at radius 1 is 1.00 bits per heavy atom. The molecule has 2 heteroatoms. The van der Waals surface area contributed by atoms with Crippen molar-refractivity contribution >= 4 is 28.2 Å². The fraction of sp³-hybridized carbons (Fsp3) is 0.125. The van der Waals surface area contributed by atoms with Gasteiger partial charge in [0.25, 0.3) is 0 Å². The van der Waals surface area contributed by atoms with E-state index in [1.54, 1.807) is 0 Å². The van der Waals surface area contributed by atoms with Crippen LogP contribution in [0.1, 0.15) is 24.0 Å². The molecule has 0 aliphatic rings. The molecule has 0 bridgehead atoms. The summed E-state index contributed by atoms with van der Waals surface area (Å²) in [6, 6.07) is 17.8. The lowest BCUT2D eigenvalue weighted by atomic mass is 10.00. The van der Waals surface area contributed by atoms with E-state index in [0.29, 0.717) is 0 Å². The van der Waals surface area contributed by atoms with Gasteiger partial charge in [0, 0.05) is 16.0 Å². The highest BCUT2D eigenvalue weighted by atomic mass is 35.5. The lowest BCUT2D eigenvalue weighted by molar-refractivity contribution is 0.972. The van der Waals surface area contributed by atoms with Crippen LogP contribution in [0.3, 0.4) is 0 Å². The molecule has 0 saturated carbocycles. The largest absolute Gasteiger partial charge is 0.0843 e. The molecular formula is C16H14Cl2. The van der Waals surface area contributed by atoms with Crippen molar-refractivity contribution in [3.05, 3.63) is 76.8 Å². The highest BCUT2D eigenvalue weighted by Crippen LogP contribution is 2.26. The molecule has 0 saturated heterocycles. The second-order valence-corrected chi connectivity index (χ2v) is 5.06. The topological polar surface area (TPSA) is 0 Å². The molecule has 1 atom stereocenters. The Bertz CT molecular complexity index is 527. The third-order valence-electron chi connectivity index (χ3n) is 2.84. The lowest BCUT2D eigenvalue weighted by Gasteiger charge is -2.08. The molecule has 0 fully saturated rings. The summed E-state index contributed by atoms with van der Waals surface area (Å²) in [7, 11) is 0. The lowest BCUT2D eigenvalue weighted by Crippen LogP contribution is -1.89. The first kappa shape index (κ1) is 13.2. The molecule has 0 spiro atoms. The van der Waals surface area contributed by atoms with Crippen molar-refractivity contribution < 1.29 is 0 Å². The van der Waals surface area contributed by atoms with Crippen molar-refractivity contribution in [2.45, 2.75) is 12.8 Å². The molecule has 0 aliphatic carbocycles. The number of halogens is 2. The molecule has 0 radical (unpaired) electrons. The third-order valence-corrected chi connectivity index (χ3v) is 3.44. The third kappa shape index (κ3) is 3.38. The average molecular weight is 277 g/mol. The van der Waals surface area contributed by atoms with Gasteiger partial charge in [0.1, 0.15) is 0 Å². The van der Waals surface area contributed by atoms with E-state index in [1.807, 2.05) is 54.6 Å². The van der Waals surface area contributed by atoms with Crippen molar-refractivity contribution in [2.24, 2.45) is 0 Å². The van der Waals surface area contributed by atoms with Gasteiger partial charge in [-0.3, -0.25) is 0 Å². The van der Waals surface area contributed by atoms with Gasteiger partial charge in [-0.25, -0.2) is 0 Å². The molecule has 0 aromatic heterocycles. The quantitative estimate of drug-likeness (QED) is 0.672. The van der Waals surface area contributed by atoms with Crippen LogP contribution in [0.2, 0.25) is 5.02 Å². The molecule has 0 amide bonds. The van der Waals surface area contributed by atoms with Gasteiger partial charge in [0.2, 0.25) is 0 Å². The van der Waals surface area contributed by atoms with E-state index in [4.69, 9.17) is 23.2 Å². The Hall–Kier alpha value is -1.24. The van der Waals surface area contributed by atoms with E-state index in [1.165, 1.54) is 5.56 Å². The van der Waals surface area contributed by atoms with E-state index in [9.17, 15) is 0 Å². The summed E-state index contributed by atoms with van der Waals surface area (Å²) < 4.78 is 0. The number of hydrogen-bond acceptors (Lipinski definition) is 0. The van der Waals surface area contributed by atoms with E-state index >= 15 is 0 Å². The van der Waals surface area contributed by atoms with Crippen molar-refractivity contribution in [1.82, 2.24) is 0 Å². The average Bonchev–Trinajstić information content (AvgIpc) is 2.40. The molecule has 2 rings (SSSR count). The minimum atomic E-state index is 0.259. The van der Waals surface area contributed by atoms with Crippen molar-refractivity contribution in [3.63, 3.8) is 0 Å². The molecule has 0 aliphatic heterocycles. The molecule has 0 N–H and O–H groups in total. The van der Waals surface area contributed by atoms with E-state index < -0.39 is 0 Å². The van der Waals surface area contributed by atoms with Crippen LogP contribution in [-0.4, -0.2) is 0 Å². The van der Waals surface area contributed by atoms with Crippen LogP contribution >= 0.6 is 23.2 Å². The van der Waals surface area contributed by atoms with Crippen LogP contribution in [-0.2, 0) is 0 Å². The maximum atomic E-state index is 6.32. The Labute approximate surface area is 118 Å². The molecule has 2 aromatic carbocycles. The Kier molecular flexibility index (Phi) is 4.46. The van der Waals surface area contributed by atoms with Gasteiger partial charge in [-0.1, -0.05) is 78.7 Å². The van der Waals surface area contributed by atoms with Crippen molar-refractivity contribution in [1.29, 1.82) is 0 Å². The molecule has 18 heavy (non-hydrogen) atoms. The summed E-state index contributed by atoms with van der Waals surface area (Å²) in [6.07, 6.45) is 2.06. The van der Waals surface area contributed by atoms with Gasteiger partial charge >= 0.3 is 0 Å². The van der Waals surface area contributed by atoms with Gasteiger partial charge in [-0.2, -0.15) is 0 Å². The fourth-order valence-electron chi connectivity index (χ4n) is 1.78. The van der Waals surface area contributed by atoms with Crippen molar-refractivity contribution in [3.8, 4) is 0 Å². The standard InChI is InChI=1S/C16H14Cl2/c1-12(13-7-9-15(17)10-8-13)11-16(18)14-5-3-2-4-6-14/h2-12H,1H3. The fourth-order valence-corrected chi connectivity index (χ4v) is 2.22. The van der Waals surface area contributed by atoms with Gasteiger partial charge in [-0.05, 0) is 23.3 Å². The van der Waals surface area contributed by atoms with Crippen molar-refractivity contribution in [2.75, 3.05) is 0 Å². The SMILES string of the molecule is CC(C=C(Cl)c1ccccc1)c1ccc(Cl)cc1. The summed E-state index contributed by atoms with van der Waals surface area (Å²) in [5.74, 6) is 0.259. The maximum absolute atomic E-state index is 6.32. The van der Waals surface area contributed by atoms with Crippen LogP contribution in [0, 0.1) is 0 Å². The zero-order valence-corrected chi connectivity index (χ0v) is 11.6. The monoisotopic (exact) mass is 276 g/mol. The minimum Gasteiger partial charge on any atom is -0.0843 e. The van der Waals surface area contributed by atoms with Gasteiger partial charge in [-0.15, -0.1) is 0 Å². The van der Waals surface area contributed by atoms with Gasteiger partial charge in [0.05, 0.1) is 0 Å². The van der Waals surface area contributed by atoms with Gasteiger partial charge < -0.3 is 0 Å². The minimum absolute atomic E-state index is 0.259. The summed E-state index contributed by atoms with van der Waals surface area (Å²) in [6.45, 7) is 2.12. The first-order valence-corrected chi connectivity index (χ1v) is 6.60. The van der Waals surface area contributed by atoms with E-state index in [2.05, 4.69) is 13.0 Å². The van der Waals surface area contributed by atoms with Crippen LogP contribution < -0.4 is 0 Å². The smallest absolute Gasteiger partial charge is 0.0444 e. The van der Waals surface area contributed by atoms with Gasteiger partial charge in [0.15, 0.2) is 0 Å². The number of allylic oxidation sites excluding steroid dienone is 1. The highest BCUT2D eigenvalue weighted by molar-refractivity contribution is 6.48. The van der Waals surface area contributed by atoms with Crippen LogP contribution in [0.25, 0.3) is 5.03 Å². The highest BCUT2D eigenvalue weighted by Gasteiger charge is 2.04. The van der Waals surface area contributed by atoms with Crippen LogP contribution in [0.5, 0.6) is 0 Å². The second-order valence-electron chi connectivity index (χ2n) is 4.22. The zero-order valence-electron chi connectivity index (χ0n) is 10.1. The zero-order chi connectivity index (χ0) is 13.0. The molecule has 2 aromatic rings. The number of rotatable bonds is 3. The first-order chi connectivity index (χ1) is 8.66. The summed E-state index contributed by atoms with van der Waals surface area (Å²) in [5, 5.41) is 1.53. The second kappa shape index (κ2) is 6.08. The predicted molar refractivity (Wildman–Crippen MR) is 80.1 cm³/mol. The van der Waals surface area contributed by atoms with E-state index in [0.717, 1.165) is 15.6 Å².